The van der Waals surface area contributed by atoms with Crippen LogP contribution in [0.3, 0.4) is 0 Å². The number of fused-ring (bicyclic) bond motifs is 1. The number of ether oxygens (including phenoxy) is 1. The second-order valence-electron chi connectivity index (χ2n) is 6.58. The second kappa shape index (κ2) is 9.39. The van der Waals surface area contributed by atoms with Crippen molar-refractivity contribution in [3.63, 3.8) is 0 Å². The Kier molecular flexibility index (Phi) is 6.45. The third kappa shape index (κ3) is 4.83. The van der Waals surface area contributed by atoms with E-state index in [2.05, 4.69) is 10.9 Å². The van der Waals surface area contributed by atoms with E-state index >= 15 is 0 Å². The summed E-state index contributed by atoms with van der Waals surface area (Å²) in [5.74, 6) is -0.943. The molecule has 0 saturated carbocycles. The SMILES string of the molecule is CC(=O)N1C=Cc2ccccc2[C@@H]1CC(=O)NNC(=O)COc1ccccc1C#N. The van der Waals surface area contributed by atoms with Crippen LogP contribution in [0.1, 0.15) is 36.1 Å². The van der Waals surface area contributed by atoms with Crippen LogP contribution in [0.4, 0.5) is 0 Å². The summed E-state index contributed by atoms with van der Waals surface area (Å²) in [5, 5.41) is 9.03. The molecule has 0 fully saturated rings. The Morgan fingerprint density at radius 3 is 2.53 bits per heavy atom. The molecule has 1 heterocycles. The van der Waals surface area contributed by atoms with Crippen LogP contribution < -0.4 is 15.6 Å². The van der Waals surface area contributed by atoms with E-state index in [1.165, 1.54) is 11.8 Å². The molecule has 3 rings (SSSR count). The Hall–Kier alpha value is -4.12. The van der Waals surface area contributed by atoms with Crippen LogP contribution in [0, 0.1) is 11.3 Å². The quantitative estimate of drug-likeness (QED) is 0.741. The van der Waals surface area contributed by atoms with Gasteiger partial charge in [-0.2, -0.15) is 5.26 Å². The van der Waals surface area contributed by atoms with Crippen LogP contribution in [0.25, 0.3) is 6.08 Å². The van der Waals surface area contributed by atoms with E-state index in [4.69, 9.17) is 10.00 Å². The summed E-state index contributed by atoms with van der Waals surface area (Å²) in [5.41, 5.74) is 6.71. The van der Waals surface area contributed by atoms with Crippen molar-refractivity contribution in [3.8, 4) is 11.8 Å². The Balaban J connectivity index is 1.56. The topological polar surface area (TPSA) is 112 Å². The van der Waals surface area contributed by atoms with Crippen LogP contribution in [0.2, 0.25) is 0 Å². The molecule has 8 nitrogen and oxygen atoms in total. The molecular weight excluding hydrogens is 384 g/mol. The molecule has 0 radical (unpaired) electrons. The summed E-state index contributed by atoms with van der Waals surface area (Å²) in [6, 6.07) is 15.5. The number of rotatable bonds is 5. The molecule has 1 atom stereocenters. The van der Waals surface area contributed by atoms with Gasteiger partial charge in [-0.05, 0) is 29.3 Å². The highest BCUT2D eigenvalue weighted by Gasteiger charge is 2.28. The lowest BCUT2D eigenvalue weighted by Crippen LogP contribution is -2.45. The summed E-state index contributed by atoms with van der Waals surface area (Å²) in [7, 11) is 0. The van der Waals surface area contributed by atoms with Gasteiger partial charge in [-0.15, -0.1) is 0 Å². The first-order valence-electron chi connectivity index (χ1n) is 9.25. The van der Waals surface area contributed by atoms with Crippen molar-refractivity contribution in [1.29, 1.82) is 5.26 Å². The van der Waals surface area contributed by atoms with Gasteiger partial charge in [-0.1, -0.05) is 36.4 Å². The summed E-state index contributed by atoms with van der Waals surface area (Å²) < 4.78 is 5.32. The molecule has 1 aliphatic heterocycles. The fraction of sp³-hybridized carbons (Fsp3) is 0.182. The molecular formula is C22H20N4O4. The molecule has 30 heavy (non-hydrogen) atoms. The van der Waals surface area contributed by atoms with Gasteiger partial charge in [0.2, 0.25) is 11.8 Å². The summed E-state index contributed by atoms with van der Waals surface area (Å²) in [4.78, 5) is 37.8. The van der Waals surface area contributed by atoms with Crippen molar-refractivity contribution in [2.24, 2.45) is 0 Å². The summed E-state index contributed by atoms with van der Waals surface area (Å²) in [6.45, 7) is 1.06. The van der Waals surface area contributed by atoms with Crippen molar-refractivity contribution in [3.05, 3.63) is 71.4 Å². The van der Waals surface area contributed by atoms with Gasteiger partial charge in [-0.25, -0.2) is 0 Å². The standard InChI is InChI=1S/C22H20N4O4/c1-15(27)26-11-10-16-6-2-4-8-18(16)19(26)12-21(28)24-25-22(29)14-30-20-9-5-3-7-17(20)13-23/h2-11,19H,12,14H2,1H3,(H,24,28)(H,25,29)/t19-/m0/s1. The largest absolute Gasteiger partial charge is 0.482 e. The van der Waals surface area contributed by atoms with E-state index in [1.807, 2.05) is 36.4 Å². The number of carbonyl (C=O) groups excluding carboxylic acids is 3. The molecule has 0 aromatic heterocycles. The van der Waals surface area contributed by atoms with Gasteiger partial charge in [0, 0.05) is 13.1 Å². The first-order chi connectivity index (χ1) is 14.5. The Labute approximate surface area is 173 Å². The van der Waals surface area contributed by atoms with Crippen LogP contribution in [0.5, 0.6) is 5.75 Å². The third-order valence-electron chi connectivity index (χ3n) is 4.56. The molecule has 0 aliphatic carbocycles. The van der Waals surface area contributed by atoms with E-state index in [0.717, 1.165) is 11.1 Å². The van der Waals surface area contributed by atoms with E-state index in [0.29, 0.717) is 5.56 Å². The van der Waals surface area contributed by atoms with Crippen molar-refractivity contribution in [1.82, 2.24) is 15.8 Å². The van der Waals surface area contributed by atoms with Crippen LogP contribution in [0.15, 0.2) is 54.7 Å². The zero-order valence-corrected chi connectivity index (χ0v) is 16.3. The van der Waals surface area contributed by atoms with Gasteiger partial charge in [0.25, 0.3) is 5.91 Å². The summed E-state index contributed by atoms with van der Waals surface area (Å²) in [6.07, 6.45) is 3.45. The minimum absolute atomic E-state index is 0.0284. The number of hydrogen-bond acceptors (Lipinski definition) is 5. The maximum Gasteiger partial charge on any atom is 0.276 e. The van der Waals surface area contributed by atoms with Gasteiger partial charge in [0.1, 0.15) is 11.8 Å². The average molecular weight is 404 g/mol. The monoisotopic (exact) mass is 404 g/mol. The lowest BCUT2D eigenvalue weighted by atomic mass is 9.93. The van der Waals surface area contributed by atoms with Gasteiger partial charge < -0.3 is 9.64 Å². The van der Waals surface area contributed by atoms with Gasteiger partial charge in [0.05, 0.1) is 18.0 Å². The van der Waals surface area contributed by atoms with Gasteiger partial charge in [0.15, 0.2) is 6.61 Å². The molecule has 2 N–H and O–H groups in total. The zero-order valence-electron chi connectivity index (χ0n) is 16.3. The molecule has 152 valence electrons. The molecule has 0 spiro atoms. The first-order valence-corrected chi connectivity index (χ1v) is 9.25. The van der Waals surface area contributed by atoms with E-state index in [-0.39, 0.29) is 24.7 Å². The minimum Gasteiger partial charge on any atom is -0.482 e. The van der Waals surface area contributed by atoms with Crippen molar-refractivity contribution >= 4 is 23.8 Å². The molecule has 8 heteroatoms. The maximum atomic E-state index is 12.4. The number of nitrogens with zero attached hydrogens (tertiary/aromatic N) is 2. The van der Waals surface area contributed by atoms with Gasteiger partial charge in [-0.3, -0.25) is 25.2 Å². The zero-order chi connectivity index (χ0) is 21.5. The Morgan fingerprint density at radius 2 is 1.77 bits per heavy atom. The number of para-hydroxylation sites is 1. The molecule has 0 unspecified atom stereocenters. The van der Waals surface area contributed by atoms with E-state index in [9.17, 15) is 14.4 Å². The van der Waals surface area contributed by atoms with Gasteiger partial charge >= 0.3 is 0 Å². The lowest BCUT2D eigenvalue weighted by molar-refractivity contribution is -0.132. The molecule has 3 amide bonds. The predicted molar refractivity (Wildman–Crippen MR) is 108 cm³/mol. The van der Waals surface area contributed by atoms with E-state index in [1.54, 1.807) is 30.5 Å². The van der Waals surface area contributed by atoms with Crippen molar-refractivity contribution in [2.75, 3.05) is 6.61 Å². The molecule has 1 aliphatic rings. The number of benzene rings is 2. The third-order valence-corrected chi connectivity index (χ3v) is 4.56. The average Bonchev–Trinajstić information content (AvgIpc) is 2.76. The Bertz CT molecular complexity index is 1040. The smallest absolute Gasteiger partial charge is 0.276 e. The highest BCUT2D eigenvalue weighted by molar-refractivity contribution is 5.84. The van der Waals surface area contributed by atoms with Crippen molar-refractivity contribution < 1.29 is 19.1 Å². The Morgan fingerprint density at radius 1 is 1.07 bits per heavy atom. The fourth-order valence-electron chi connectivity index (χ4n) is 3.14. The van der Waals surface area contributed by atoms with Crippen LogP contribution in [-0.2, 0) is 14.4 Å². The predicted octanol–water partition coefficient (Wildman–Crippen LogP) is 2.05. The highest BCUT2D eigenvalue weighted by atomic mass is 16.5. The first kappa shape index (κ1) is 20.6. The number of nitriles is 1. The number of nitrogens with one attached hydrogen (secondary N) is 2. The second-order valence-corrected chi connectivity index (χ2v) is 6.58. The van der Waals surface area contributed by atoms with Crippen LogP contribution in [-0.4, -0.2) is 29.2 Å². The number of carbonyl (C=O) groups is 3. The van der Waals surface area contributed by atoms with Crippen molar-refractivity contribution in [2.45, 2.75) is 19.4 Å². The molecule has 0 bridgehead atoms. The fourth-order valence-corrected chi connectivity index (χ4v) is 3.14. The number of hydrogen-bond donors (Lipinski definition) is 2. The molecule has 2 aromatic rings. The highest BCUT2D eigenvalue weighted by Crippen LogP contribution is 2.32. The maximum absolute atomic E-state index is 12.4. The minimum atomic E-state index is -0.580. The molecule has 0 saturated heterocycles. The van der Waals surface area contributed by atoms with E-state index < -0.39 is 17.9 Å². The number of amides is 3. The number of hydrazine groups is 1. The lowest BCUT2D eigenvalue weighted by Gasteiger charge is -2.32. The molecule has 2 aromatic carbocycles. The summed E-state index contributed by atoms with van der Waals surface area (Å²) >= 11 is 0. The van der Waals surface area contributed by atoms with Crippen LogP contribution >= 0.6 is 0 Å². The normalized spacial score (nSPS) is 14.3.